The van der Waals surface area contributed by atoms with Crippen molar-refractivity contribution in [3.8, 4) is 5.75 Å². The predicted octanol–water partition coefficient (Wildman–Crippen LogP) is 3.64. The minimum atomic E-state index is 0.0131. The van der Waals surface area contributed by atoms with Gasteiger partial charge >= 0.3 is 0 Å². The third kappa shape index (κ3) is 3.24. The molecule has 1 aromatic rings. The van der Waals surface area contributed by atoms with Gasteiger partial charge < -0.3 is 15.4 Å². The second-order valence-corrected chi connectivity index (χ2v) is 6.34. The third-order valence-corrected chi connectivity index (χ3v) is 3.52. The summed E-state index contributed by atoms with van der Waals surface area (Å²) >= 11 is 0. The van der Waals surface area contributed by atoms with Gasteiger partial charge in [0.25, 0.3) is 0 Å². The lowest BCUT2D eigenvalue weighted by atomic mass is 9.84. The van der Waals surface area contributed by atoms with Crippen molar-refractivity contribution in [2.24, 2.45) is 5.41 Å². The van der Waals surface area contributed by atoms with Crippen molar-refractivity contribution in [3.63, 3.8) is 0 Å². The molecular weight excluding hydrogens is 252 g/mol. The molecule has 1 atom stereocenters. The normalized spacial score (nSPS) is 18.6. The van der Waals surface area contributed by atoms with Gasteiger partial charge in [0, 0.05) is 12.5 Å². The summed E-state index contributed by atoms with van der Waals surface area (Å²) in [4.78, 5) is 12.1. The molecule has 1 aliphatic heterocycles. The lowest BCUT2D eigenvalue weighted by Gasteiger charge is -2.30. The summed E-state index contributed by atoms with van der Waals surface area (Å²) in [5, 5.41) is 6.46. The summed E-state index contributed by atoms with van der Waals surface area (Å²) < 4.78 is 5.72. The smallest absolute Gasteiger partial charge is 0.226 e. The molecule has 1 unspecified atom stereocenters. The molecular formula is C16H24N2O2. The Morgan fingerprint density at radius 1 is 1.35 bits per heavy atom. The van der Waals surface area contributed by atoms with Crippen molar-refractivity contribution < 1.29 is 9.53 Å². The number of benzene rings is 1. The van der Waals surface area contributed by atoms with E-state index in [4.69, 9.17) is 4.74 Å². The van der Waals surface area contributed by atoms with Gasteiger partial charge in [-0.2, -0.15) is 0 Å². The number of para-hydroxylation sites is 1. The van der Waals surface area contributed by atoms with Gasteiger partial charge in [0.05, 0.1) is 12.3 Å². The van der Waals surface area contributed by atoms with Crippen molar-refractivity contribution >= 4 is 17.3 Å². The first-order valence-electron chi connectivity index (χ1n) is 7.24. The number of carbonyl (C=O) groups excluding carboxylic acids is 1. The van der Waals surface area contributed by atoms with Crippen LogP contribution in [0.3, 0.4) is 0 Å². The van der Waals surface area contributed by atoms with Crippen molar-refractivity contribution in [3.05, 3.63) is 18.2 Å². The fraction of sp³-hybridized carbons (Fsp3) is 0.562. The molecule has 0 bridgehead atoms. The number of rotatable bonds is 3. The Balaban J connectivity index is 2.34. The summed E-state index contributed by atoms with van der Waals surface area (Å²) in [7, 11) is 0. The molecule has 0 aliphatic carbocycles. The molecule has 1 amide bonds. The van der Waals surface area contributed by atoms with Crippen LogP contribution in [0, 0.1) is 5.41 Å². The van der Waals surface area contributed by atoms with Crippen LogP contribution in [0.5, 0.6) is 5.75 Å². The van der Waals surface area contributed by atoms with Crippen LogP contribution in [0.4, 0.5) is 11.4 Å². The van der Waals surface area contributed by atoms with Gasteiger partial charge in [-0.3, -0.25) is 4.79 Å². The first kappa shape index (κ1) is 14.7. The van der Waals surface area contributed by atoms with Crippen molar-refractivity contribution in [2.75, 3.05) is 17.2 Å². The highest BCUT2D eigenvalue weighted by Crippen LogP contribution is 2.38. The molecule has 110 valence electrons. The van der Waals surface area contributed by atoms with E-state index in [2.05, 4.69) is 38.3 Å². The zero-order valence-electron chi connectivity index (χ0n) is 12.7. The third-order valence-electron chi connectivity index (χ3n) is 3.52. The molecule has 0 saturated heterocycles. The van der Waals surface area contributed by atoms with E-state index in [0.717, 1.165) is 23.5 Å². The van der Waals surface area contributed by atoms with Crippen LogP contribution in [0.15, 0.2) is 18.2 Å². The summed E-state index contributed by atoms with van der Waals surface area (Å²) in [5.74, 6) is 0.767. The molecule has 0 radical (unpaired) electrons. The maximum atomic E-state index is 12.1. The van der Waals surface area contributed by atoms with E-state index in [9.17, 15) is 4.79 Å². The van der Waals surface area contributed by atoms with E-state index >= 15 is 0 Å². The molecule has 1 heterocycles. The minimum Gasteiger partial charge on any atom is -0.491 e. The summed E-state index contributed by atoms with van der Waals surface area (Å²) in [6.45, 7) is 9.13. The van der Waals surface area contributed by atoms with Gasteiger partial charge in [-0.1, -0.05) is 33.8 Å². The quantitative estimate of drug-likeness (QED) is 0.886. The highest BCUT2D eigenvalue weighted by Gasteiger charge is 2.31. The molecule has 0 fully saturated rings. The minimum absolute atomic E-state index is 0.0131. The van der Waals surface area contributed by atoms with Crippen LogP contribution < -0.4 is 15.4 Å². The second-order valence-electron chi connectivity index (χ2n) is 6.34. The van der Waals surface area contributed by atoms with Crippen molar-refractivity contribution in [1.82, 2.24) is 0 Å². The SMILES string of the molecule is CCCOc1cccc2c1NC(=O)CC(C(C)(C)C)N2. The van der Waals surface area contributed by atoms with E-state index in [1.54, 1.807) is 0 Å². The Hall–Kier alpha value is -1.71. The van der Waals surface area contributed by atoms with E-state index in [1.165, 1.54) is 0 Å². The van der Waals surface area contributed by atoms with Crippen LogP contribution in [0.25, 0.3) is 0 Å². The van der Waals surface area contributed by atoms with E-state index in [-0.39, 0.29) is 17.4 Å². The van der Waals surface area contributed by atoms with E-state index in [0.29, 0.717) is 13.0 Å². The predicted molar refractivity (Wildman–Crippen MR) is 82.3 cm³/mol. The molecule has 1 aliphatic rings. The Labute approximate surface area is 120 Å². The number of anilines is 2. The molecule has 0 saturated carbocycles. The van der Waals surface area contributed by atoms with E-state index < -0.39 is 0 Å². The highest BCUT2D eigenvalue weighted by atomic mass is 16.5. The van der Waals surface area contributed by atoms with Crippen LogP contribution >= 0.6 is 0 Å². The maximum Gasteiger partial charge on any atom is 0.226 e. The topological polar surface area (TPSA) is 50.4 Å². The van der Waals surface area contributed by atoms with Crippen LogP contribution in [0.2, 0.25) is 0 Å². The fourth-order valence-electron chi connectivity index (χ4n) is 2.25. The molecule has 0 spiro atoms. The molecule has 4 heteroatoms. The molecule has 20 heavy (non-hydrogen) atoms. The fourth-order valence-corrected chi connectivity index (χ4v) is 2.25. The van der Waals surface area contributed by atoms with Gasteiger partial charge in [0.1, 0.15) is 11.4 Å². The monoisotopic (exact) mass is 276 g/mol. The zero-order chi connectivity index (χ0) is 14.8. The van der Waals surface area contributed by atoms with Crippen LogP contribution in [-0.2, 0) is 4.79 Å². The molecule has 4 nitrogen and oxygen atoms in total. The molecule has 1 aromatic carbocycles. The maximum absolute atomic E-state index is 12.1. The Kier molecular flexibility index (Phi) is 4.21. The lowest BCUT2D eigenvalue weighted by Crippen LogP contribution is -2.35. The van der Waals surface area contributed by atoms with Gasteiger partial charge in [-0.25, -0.2) is 0 Å². The van der Waals surface area contributed by atoms with Gasteiger partial charge in [0.2, 0.25) is 5.91 Å². The van der Waals surface area contributed by atoms with Crippen LogP contribution in [0.1, 0.15) is 40.5 Å². The van der Waals surface area contributed by atoms with Crippen LogP contribution in [-0.4, -0.2) is 18.6 Å². The second kappa shape index (κ2) is 5.73. The average molecular weight is 276 g/mol. The number of fused-ring (bicyclic) bond motifs is 1. The van der Waals surface area contributed by atoms with Gasteiger partial charge in [-0.05, 0) is 24.0 Å². The first-order chi connectivity index (χ1) is 9.41. The molecule has 2 rings (SSSR count). The number of amides is 1. The zero-order valence-corrected chi connectivity index (χ0v) is 12.7. The number of hydrogen-bond donors (Lipinski definition) is 2. The average Bonchev–Trinajstić information content (AvgIpc) is 2.54. The van der Waals surface area contributed by atoms with Crippen molar-refractivity contribution in [1.29, 1.82) is 0 Å². The summed E-state index contributed by atoms with van der Waals surface area (Å²) in [6.07, 6.45) is 1.40. The van der Waals surface area contributed by atoms with Crippen molar-refractivity contribution in [2.45, 2.75) is 46.6 Å². The summed E-state index contributed by atoms with van der Waals surface area (Å²) in [5.41, 5.74) is 1.71. The highest BCUT2D eigenvalue weighted by molar-refractivity contribution is 5.98. The lowest BCUT2D eigenvalue weighted by molar-refractivity contribution is -0.116. The Bertz CT molecular complexity index is 492. The largest absolute Gasteiger partial charge is 0.491 e. The molecule has 0 aromatic heterocycles. The number of ether oxygens (including phenoxy) is 1. The Morgan fingerprint density at radius 3 is 2.75 bits per heavy atom. The van der Waals surface area contributed by atoms with Gasteiger partial charge in [-0.15, -0.1) is 0 Å². The number of nitrogens with one attached hydrogen (secondary N) is 2. The first-order valence-corrected chi connectivity index (χ1v) is 7.24. The van der Waals surface area contributed by atoms with E-state index in [1.807, 2.05) is 18.2 Å². The molecule has 2 N–H and O–H groups in total. The number of hydrogen-bond acceptors (Lipinski definition) is 3. The Morgan fingerprint density at radius 2 is 2.10 bits per heavy atom. The number of carbonyl (C=O) groups is 1. The van der Waals surface area contributed by atoms with Gasteiger partial charge in [0.15, 0.2) is 0 Å². The standard InChI is InChI=1S/C16H24N2O2/c1-5-9-20-12-8-6-7-11-15(12)18-14(19)10-13(17-11)16(2,3)4/h6-8,13,17H,5,9-10H2,1-4H3,(H,18,19). The summed E-state index contributed by atoms with van der Waals surface area (Å²) in [6, 6.07) is 5.94.